The Kier molecular flexibility index (Phi) is 4.93. The van der Waals surface area contributed by atoms with E-state index >= 15 is 0 Å². The van der Waals surface area contributed by atoms with Crippen LogP contribution in [0, 0.1) is 5.92 Å². The number of hydrogen-bond acceptors (Lipinski definition) is 3. The van der Waals surface area contributed by atoms with Gasteiger partial charge in [0.1, 0.15) is 0 Å². The SMILES string of the molecule is CC(=O)Nc1cc(C(=O)N2CCC(CN)C2)cc(C(F)(F)F)c1. The fourth-order valence-electron chi connectivity index (χ4n) is 2.58. The summed E-state index contributed by atoms with van der Waals surface area (Å²) in [6.45, 7) is 2.52. The van der Waals surface area contributed by atoms with E-state index in [-0.39, 0.29) is 17.2 Å². The highest BCUT2D eigenvalue weighted by atomic mass is 19.4. The Labute approximate surface area is 131 Å². The predicted molar refractivity (Wildman–Crippen MR) is 78.8 cm³/mol. The lowest BCUT2D eigenvalue weighted by molar-refractivity contribution is -0.137. The van der Waals surface area contributed by atoms with E-state index < -0.39 is 23.6 Å². The van der Waals surface area contributed by atoms with Crippen LogP contribution < -0.4 is 11.1 Å². The number of carbonyl (C=O) groups is 2. The summed E-state index contributed by atoms with van der Waals surface area (Å²) < 4.78 is 39.0. The second kappa shape index (κ2) is 6.57. The van der Waals surface area contributed by atoms with Crippen LogP contribution in [0.1, 0.15) is 29.3 Å². The fraction of sp³-hybridized carbons (Fsp3) is 0.467. The van der Waals surface area contributed by atoms with Gasteiger partial charge in [-0.1, -0.05) is 0 Å². The number of nitrogens with two attached hydrogens (primary N) is 1. The van der Waals surface area contributed by atoms with Gasteiger partial charge >= 0.3 is 6.18 Å². The Morgan fingerprint density at radius 3 is 2.57 bits per heavy atom. The molecular formula is C15H18F3N3O2. The molecule has 0 aliphatic carbocycles. The lowest BCUT2D eigenvalue weighted by atomic mass is 10.1. The molecule has 1 aliphatic heterocycles. The number of rotatable bonds is 3. The third-order valence-electron chi connectivity index (χ3n) is 3.73. The average Bonchev–Trinajstić information content (AvgIpc) is 2.93. The topological polar surface area (TPSA) is 75.4 Å². The third kappa shape index (κ3) is 4.22. The second-order valence-electron chi connectivity index (χ2n) is 5.62. The zero-order valence-electron chi connectivity index (χ0n) is 12.6. The van der Waals surface area contributed by atoms with E-state index in [9.17, 15) is 22.8 Å². The summed E-state index contributed by atoms with van der Waals surface area (Å²) in [6.07, 6.45) is -3.87. The van der Waals surface area contributed by atoms with Crippen molar-refractivity contribution in [1.82, 2.24) is 4.90 Å². The quantitative estimate of drug-likeness (QED) is 0.891. The van der Waals surface area contributed by atoms with Crippen molar-refractivity contribution >= 4 is 17.5 Å². The van der Waals surface area contributed by atoms with Crippen LogP contribution in [0.2, 0.25) is 0 Å². The number of alkyl halides is 3. The maximum atomic E-state index is 13.0. The molecule has 23 heavy (non-hydrogen) atoms. The Morgan fingerprint density at radius 2 is 2.04 bits per heavy atom. The minimum atomic E-state index is -4.60. The highest BCUT2D eigenvalue weighted by Gasteiger charge is 2.33. The zero-order valence-corrected chi connectivity index (χ0v) is 12.6. The number of carbonyl (C=O) groups excluding carboxylic acids is 2. The molecule has 1 aromatic carbocycles. The van der Waals surface area contributed by atoms with E-state index in [0.29, 0.717) is 19.6 Å². The van der Waals surface area contributed by atoms with Gasteiger partial charge in [-0.3, -0.25) is 9.59 Å². The smallest absolute Gasteiger partial charge is 0.338 e. The molecule has 1 heterocycles. The molecule has 0 bridgehead atoms. The van der Waals surface area contributed by atoms with E-state index in [0.717, 1.165) is 18.6 Å². The summed E-state index contributed by atoms with van der Waals surface area (Å²) in [5.41, 5.74) is 4.44. The highest BCUT2D eigenvalue weighted by Crippen LogP contribution is 2.32. The molecule has 1 unspecified atom stereocenters. The van der Waals surface area contributed by atoms with Gasteiger partial charge < -0.3 is 16.0 Å². The number of nitrogens with zero attached hydrogens (tertiary/aromatic N) is 1. The normalized spacial score (nSPS) is 18.1. The molecule has 3 N–H and O–H groups in total. The number of anilines is 1. The number of amides is 2. The Balaban J connectivity index is 2.33. The number of hydrogen-bond donors (Lipinski definition) is 2. The summed E-state index contributed by atoms with van der Waals surface area (Å²) in [5, 5.41) is 2.29. The first kappa shape index (κ1) is 17.3. The van der Waals surface area contributed by atoms with Crippen LogP contribution in [0.4, 0.5) is 18.9 Å². The van der Waals surface area contributed by atoms with Crippen LogP contribution in [-0.4, -0.2) is 36.3 Å². The van der Waals surface area contributed by atoms with Gasteiger partial charge in [-0.05, 0) is 37.1 Å². The largest absolute Gasteiger partial charge is 0.416 e. The van der Waals surface area contributed by atoms with E-state index in [2.05, 4.69) is 5.32 Å². The first-order valence-electron chi connectivity index (χ1n) is 7.20. The van der Waals surface area contributed by atoms with Crippen LogP contribution >= 0.6 is 0 Å². The van der Waals surface area contributed by atoms with Crippen LogP contribution in [-0.2, 0) is 11.0 Å². The molecule has 0 spiro atoms. The third-order valence-corrected chi connectivity index (χ3v) is 3.73. The molecule has 126 valence electrons. The molecule has 5 nitrogen and oxygen atoms in total. The first-order chi connectivity index (χ1) is 10.7. The van der Waals surface area contributed by atoms with Crippen molar-refractivity contribution in [2.24, 2.45) is 11.7 Å². The summed E-state index contributed by atoms with van der Waals surface area (Å²) in [7, 11) is 0. The van der Waals surface area contributed by atoms with E-state index in [1.165, 1.54) is 17.9 Å². The maximum absolute atomic E-state index is 13.0. The lowest BCUT2D eigenvalue weighted by Crippen LogP contribution is -2.30. The van der Waals surface area contributed by atoms with E-state index in [1.54, 1.807) is 0 Å². The van der Waals surface area contributed by atoms with Crippen molar-refractivity contribution < 1.29 is 22.8 Å². The molecule has 0 radical (unpaired) electrons. The molecule has 0 aromatic heterocycles. The van der Waals surface area contributed by atoms with Gasteiger partial charge in [-0.25, -0.2) is 0 Å². The monoisotopic (exact) mass is 329 g/mol. The number of likely N-dealkylation sites (tertiary alicyclic amines) is 1. The molecule has 1 saturated heterocycles. The van der Waals surface area contributed by atoms with Gasteiger partial charge in [0.15, 0.2) is 0 Å². The maximum Gasteiger partial charge on any atom is 0.416 e. The van der Waals surface area contributed by atoms with Crippen LogP contribution in [0.15, 0.2) is 18.2 Å². The highest BCUT2D eigenvalue weighted by molar-refractivity contribution is 5.97. The molecule has 1 aromatic rings. The van der Waals surface area contributed by atoms with Crippen molar-refractivity contribution in [3.05, 3.63) is 29.3 Å². The second-order valence-corrected chi connectivity index (χ2v) is 5.62. The minimum Gasteiger partial charge on any atom is -0.338 e. The molecule has 2 amide bonds. The predicted octanol–water partition coefficient (Wildman–Crippen LogP) is 2.08. The zero-order chi connectivity index (χ0) is 17.2. The van der Waals surface area contributed by atoms with Crippen molar-refractivity contribution in [1.29, 1.82) is 0 Å². The molecular weight excluding hydrogens is 311 g/mol. The Morgan fingerprint density at radius 1 is 1.35 bits per heavy atom. The number of halogens is 3. The molecule has 1 fully saturated rings. The van der Waals surface area contributed by atoms with Crippen molar-refractivity contribution in [3.8, 4) is 0 Å². The van der Waals surface area contributed by atoms with Crippen LogP contribution in [0.25, 0.3) is 0 Å². The van der Waals surface area contributed by atoms with Gasteiger partial charge in [0.2, 0.25) is 5.91 Å². The lowest BCUT2D eigenvalue weighted by Gasteiger charge is -2.18. The molecule has 8 heteroatoms. The Bertz CT molecular complexity index is 616. The van der Waals surface area contributed by atoms with Gasteiger partial charge in [0.05, 0.1) is 5.56 Å². The minimum absolute atomic E-state index is 0.0507. The van der Waals surface area contributed by atoms with E-state index in [4.69, 9.17) is 5.73 Å². The standard InChI is InChI=1S/C15H18F3N3O2/c1-9(22)20-13-5-11(4-12(6-13)15(16,17)18)14(23)21-3-2-10(7-19)8-21/h4-6,10H,2-3,7-8,19H2,1H3,(H,20,22). The molecule has 0 saturated carbocycles. The summed E-state index contributed by atoms with van der Waals surface area (Å²) >= 11 is 0. The van der Waals surface area contributed by atoms with E-state index in [1.807, 2.05) is 0 Å². The molecule has 1 atom stereocenters. The van der Waals surface area contributed by atoms with Crippen molar-refractivity contribution in [2.45, 2.75) is 19.5 Å². The summed E-state index contributed by atoms with van der Waals surface area (Å²) in [4.78, 5) is 25.0. The summed E-state index contributed by atoms with van der Waals surface area (Å²) in [6, 6.07) is 2.88. The number of benzene rings is 1. The molecule has 2 rings (SSSR count). The summed E-state index contributed by atoms with van der Waals surface area (Å²) in [5.74, 6) is -0.828. The van der Waals surface area contributed by atoms with Crippen molar-refractivity contribution in [2.75, 3.05) is 25.0 Å². The Hall–Kier alpha value is -2.09. The van der Waals surface area contributed by atoms with Gasteiger partial charge in [-0.15, -0.1) is 0 Å². The van der Waals surface area contributed by atoms with Gasteiger partial charge in [0.25, 0.3) is 5.91 Å². The fourth-order valence-corrected chi connectivity index (χ4v) is 2.58. The average molecular weight is 329 g/mol. The van der Waals surface area contributed by atoms with Crippen molar-refractivity contribution in [3.63, 3.8) is 0 Å². The number of nitrogens with one attached hydrogen (secondary N) is 1. The first-order valence-corrected chi connectivity index (χ1v) is 7.20. The van der Waals surface area contributed by atoms with Gasteiger partial charge in [0, 0.05) is 31.3 Å². The van der Waals surface area contributed by atoms with Crippen LogP contribution in [0.5, 0.6) is 0 Å². The van der Waals surface area contributed by atoms with Gasteiger partial charge in [-0.2, -0.15) is 13.2 Å². The molecule has 1 aliphatic rings. The van der Waals surface area contributed by atoms with Crippen LogP contribution in [0.3, 0.4) is 0 Å².